The normalized spacial score (nSPS) is 9.77. The van der Waals surface area contributed by atoms with Crippen molar-refractivity contribution < 1.29 is 9.90 Å². The van der Waals surface area contributed by atoms with Gasteiger partial charge in [0.1, 0.15) is 5.75 Å². The first-order valence-electron chi connectivity index (χ1n) is 3.62. The van der Waals surface area contributed by atoms with Gasteiger partial charge in [0.25, 0.3) is 0 Å². The minimum Gasteiger partial charge on any atom is -0.507 e. The van der Waals surface area contributed by atoms with Crippen LogP contribution in [0.25, 0.3) is 6.08 Å². The molecule has 1 aromatic rings. The molecule has 0 saturated heterocycles. The van der Waals surface area contributed by atoms with Gasteiger partial charge in [-0.15, -0.1) is 0 Å². The van der Waals surface area contributed by atoms with E-state index in [2.05, 4.69) is 0 Å². The van der Waals surface area contributed by atoms with Crippen LogP contribution >= 0.6 is 0 Å². The smallest absolute Gasteiger partial charge is 0.153 e. The van der Waals surface area contributed by atoms with Crippen molar-refractivity contribution in [2.45, 2.75) is 0 Å². The van der Waals surface area contributed by atoms with Crippen LogP contribution in [0.5, 0.6) is 5.75 Å². The Morgan fingerprint density at radius 3 is 2.77 bits per heavy atom. The third-order valence-corrected chi connectivity index (χ3v) is 1.53. The van der Waals surface area contributed by atoms with Gasteiger partial charge < -0.3 is 5.11 Å². The molecule has 0 aromatic heterocycles. The first-order valence-corrected chi connectivity index (χ1v) is 3.62. The Bertz CT molecular complexity index is 388. The Morgan fingerprint density at radius 2 is 2.23 bits per heavy atom. The molecule has 13 heavy (non-hydrogen) atoms. The summed E-state index contributed by atoms with van der Waals surface area (Å²) in [7, 11) is 0. The maximum absolute atomic E-state index is 10.3. The number of carbonyl (C=O) groups excluding carboxylic acids is 1. The van der Waals surface area contributed by atoms with E-state index in [1.807, 2.05) is 6.07 Å². The maximum atomic E-state index is 10.3. The Kier molecular flexibility index (Phi) is 2.82. The van der Waals surface area contributed by atoms with Gasteiger partial charge in [0.2, 0.25) is 0 Å². The van der Waals surface area contributed by atoms with Crippen molar-refractivity contribution >= 4 is 12.4 Å². The summed E-state index contributed by atoms with van der Waals surface area (Å²) >= 11 is 0. The van der Waals surface area contributed by atoms with Crippen LogP contribution in [-0.2, 0) is 0 Å². The number of rotatable bonds is 2. The molecule has 0 fully saturated rings. The average Bonchev–Trinajstić information content (AvgIpc) is 2.15. The standard InChI is InChI=1S/C10H7NO2/c11-5-1-2-8-3-4-9(7-12)10(13)6-8/h1-4,6-7,13H. The summed E-state index contributed by atoms with van der Waals surface area (Å²) in [5.74, 6) is -0.0740. The molecule has 0 heterocycles. The van der Waals surface area contributed by atoms with E-state index in [4.69, 9.17) is 5.26 Å². The summed E-state index contributed by atoms with van der Waals surface area (Å²) < 4.78 is 0. The van der Waals surface area contributed by atoms with Crippen molar-refractivity contribution in [2.75, 3.05) is 0 Å². The van der Waals surface area contributed by atoms with Gasteiger partial charge >= 0.3 is 0 Å². The number of hydrogen-bond donors (Lipinski definition) is 1. The van der Waals surface area contributed by atoms with Gasteiger partial charge in [-0.05, 0) is 23.8 Å². The molecule has 0 unspecified atom stereocenters. The maximum Gasteiger partial charge on any atom is 0.153 e. The largest absolute Gasteiger partial charge is 0.507 e. The summed E-state index contributed by atoms with van der Waals surface area (Å²) in [6, 6.07) is 6.41. The fourth-order valence-electron chi connectivity index (χ4n) is 0.898. The van der Waals surface area contributed by atoms with Crippen molar-refractivity contribution in [2.24, 2.45) is 0 Å². The molecule has 0 saturated carbocycles. The molecule has 0 aliphatic carbocycles. The van der Waals surface area contributed by atoms with Crippen LogP contribution in [-0.4, -0.2) is 11.4 Å². The fourth-order valence-corrected chi connectivity index (χ4v) is 0.898. The number of nitriles is 1. The highest BCUT2D eigenvalue weighted by molar-refractivity contribution is 5.80. The van der Waals surface area contributed by atoms with Crippen LogP contribution in [0, 0.1) is 11.3 Å². The predicted octanol–water partition coefficient (Wildman–Crippen LogP) is 1.74. The molecule has 64 valence electrons. The molecule has 0 bridgehead atoms. The van der Waals surface area contributed by atoms with E-state index in [-0.39, 0.29) is 11.3 Å². The van der Waals surface area contributed by atoms with Crippen molar-refractivity contribution in [3.63, 3.8) is 0 Å². The SMILES string of the molecule is N#CC=Cc1ccc(C=O)c(O)c1. The van der Waals surface area contributed by atoms with Gasteiger partial charge in [-0.2, -0.15) is 5.26 Å². The second kappa shape index (κ2) is 4.07. The first kappa shape index (κ1) is 9.01. The van der Waals surface area contributed by atoms with E-state index in [0.717, 1.165) is 0 Å². The van der Waals surface area contributed by atoms with E-state index in [1.54, 1.807) is 12.1 Å². The fraction of sp³-hybridized carbons (Fsp3) is 0. The number of phenolic OH excluding ortho intramolecular Hbond substituents is 1. The van der Waals surface area contributed by atoms with Gasteiger partial charge in [-0.25, -0.2) is 0 Å². The van der Waals surface area contributed by atoms with E-state index >= 15 is 0 Å². The molecule has 0 aliphatic heterocycles. The topological polar surface area (TPSA) is 61.1 Å². The summed E-state index contributed by atoms with van der Waals surface area (Å²) in [5, 5.41) is 17.5. The Balaban J connectivity index is 3.04. The third kappa shape index (κ3) is 2.17. The molecule has 0 spiro atoms. The minimum absolute atomic E-state index is 0.0740. The number of aldehydes is 1. The number of aromatic hydroxyl groups is 1. The molecule has 0 amide bonds. The Hall–Kier alpha value is -2.08. The van der Waals surface area contributed by atoms with Gasteiger partial charge in [-0.1, -0.05) is 6.07 Å². The van der Waals surface area contributed by atoms with Crippen molar-refractivity contribution in [3.05, 3.63) is 35.4 Å². The lowest BCUT2D eigenvalue weighted by atomic mass is 10.1. The molecule has 1 rings (SSSR count). The molecule has 0 radical (unpaired) electrons. The first-order chi connectivity index (χ1) is 6.27. The number of carbonyl (C=O) groups is 1. The molecular weight excluding hydrogens is 166 g/mol. The van der Waals surface area contributed by atoms with Gasteiger partial charge in [0, 0.05) is 6.08 Å². The van der Waals surface area contributed by atoms with Crippen LogP contribution < -0.4 is 0 Å². The zero-order valence-electron chi connectivity index (χ0n) is 6.77. The van der Waals surface area contributed by atoms with Crippen LogP contribution in [0.1, 0.15) is 15.9 Å². The van der Waals surface area contributed by atoms with Crippen LogP contribution in [0.15, 0.2) is 24.3 Å². The molecule has 3 nitrogen and oxygen atoms in total. The highest BCUT2D eigenvalue weighted by Crippen LogP contribution is 2.17. The number of allylic oxidation sites excluding steroid dienone is 1. The molecule has 0 aliphatic rings. The van der Waals surface area contributed by atoms with E-state index in [1.165, 1.54) is 18.2 Å². The minimum atomic E-state index is -0.0740. The highest BCUT2D eigenvalue weighted by Gasteiger charge is 1.98. The second-order valence-corrected chi connectivity index (χ2v) is 2.40. The lowest BCUT2D eigenvalue weighted by Crippen LogP contribution is -1.81. The third-order valence-electron chi connectivity index (χ3n) is 1.53. The molecule has 0 atom stereocenters. The zero-order chi connectivity index (χ0) is 9.68. The van der Waals surface area contributed by atoms with E-state index in [9.17, 15) is 9.90 Å². The molecule has 1 N–H and O–H groups in total. The van der Waals surface area contributed by atoms with Crippen molar-refractivity contribution in [1.82, 2.24) is 0 Å². The van der Waals surface area contributed by atoms with Gasteiger partial charge in [0.15, 0.2) is 6.29 Å². The van der Waals surface area contributed by atoms with Crippen LogP contribution in [0.2, 0.25) is 0 Å². The zero-order valence-corrected chi connectivity index (χ0v) is 6.77. The number of phenols is 1. The monoisotopic (exact) mass is 173 g/mol. The average molecular weight is 173 g/mol. The summed E-state index contributed by atoms with van der Waals surface area (Å²) in [6.07, 6.45) is 3.43. The molecule has 3 heteroatoms. The summed E-state index contributed by atoms with van der Waals surface area (Å²) in [5.41, 5.74) is 0.929. The van der Waals surface area contributed by atoms with Crippen LogP contribution in [0.4, 0.5) is 0 Å². The molecule has 1 aromatic carbocycles. The quantitative estimate of drug-likeness (QED) is 0.547. The Morgan fingerprint density at radius 1 is 1.46 bits per heavy atom. The van der Waals surface area contributed by atoms with Crippen molar-refractivity contribution in [3.8, 4) is 11.8 Å². The Labute approximate surface area is 75.5 Å². The van der Waals surface area contributed by atoms with Crippen molar-refractivity contribution in [1.29, 1.82) is 5.26 Å². The van der Waals surface area contributed by atoms with Crippen LogP contribution in [0.3, 0.4) is 0 Å². The number of hydrogen-bond acceptors (Lipinski definition) is 3. The van der Waals surface area contributed by atoms with E-state index in [0.29, 0.717) is 11.8 Å². The summed E-state index contributed by atoms with van der Waals surface area (Å²) in [6.45, 7) is 0. The number of nitrogens with zero attached hydrogens (tertiary/aromatic N) is 1. The predicted molar refractivity (Wildman–Crippen MR) is 48.1 cm³/mol. The van der Waals surface area contributed by atoms with Gasteiger partial charge in [0.05, 0.1) is 11.6 Å². The molecular formula is C10H7NO2. The number of benzene rings is 1. The van der Waals surface area contributed by atoms with Gasteiger partial charge in [-0.3, -0.25) is 4.79 Å². The summed E-state index contributed by atoms with van der Waals surface area (Å²) in [4.78, 5) is 10.3. The van der Waals surface area contributed by atoms with E-state index < -0.39 is 0 Å². The second-order valence-electron chi connectivity index (χ2n) is 2.40. The lowest BCUT2D eigenvalue weighted by molar-refractivity contribution is 0.112. The lowest BCUT2D eigenvalue weighted by Gasteiger charge is -1.97. The highest BCUT2D eigenvalue weighted by atomic mass is 16.3.